The summed E-state index contributed by atoms with van der Waals surface area (Å²) in [6, 6.07) is -0.158. The van der Waals surface area contributed by atoms with Crippen LogP contribution in [0.15, 0.2) is 4.90 Å². The lowest BCUT2D eigenvalue weighted by atomic mass is 9.91. The molecule has 1 aromatic rings. The van der Waals surface area contributed by atoms with Gasteiger partial charge in [-0.05, 0) is 26.7 Å². The summed E-state index contributed by atoms with van der Waals surface area (Å²) in [5.41, 5.74) is 1.12. The Balaban J connectivity index is 2.26. The molecule has 6 nitrogen and oxygen atoms in total. The zero-order chi connectivity index (χ0) is 12.8. The molecule has 1 saturated carbocycles. The molecule has 1 aliphatic carbocycles. The van der Waals surface area contributed by atoms with Crippen LogP contribution in [0.5, 0.6) is 0 Å². The van der Waals surface area contributed by atoms with Crippen LogP contribution in [0.3, 0.4) is 0 Å². The molecule has 0 unspecified atom stereocenters. The molecule has 2 rings (SSSR count). The van der Waals surface area contributed by atoms with Crippen molar-refractivity contribution in [2.24, 2.45) is 7.05 Å². The maximum atomic E-state index is 12.2. The maximum Gasteiger partial charge on any atom is 0.244 e. The molecule has 0 saturated heterocycles. The zero-order valence-electron chi connectivity index (χ0n) is 10.1. The van der Waals surface area contributed by atoms with Gasteiger partial charge in [0.05, 0.1) is 17.5 Å². The molecule has 1 fully saturated rings. The van der Waals surface area contributed by atoms with Crippen LogP contribution in [0.4, 0.5) is 0 Å². The molecule has 17 heavy (non-hydrogen) atoms. The molecule has 0 aliphatic heterocycles. The van der Waals surface area contributed by atoms with Gasteiger partial charge in [0.1, 0.15) is 4.90 Å². The van der Waals surface area contributed by atoms with E-state index in [0.717, 1.165) is 0 Å². The highest BCUT2D eigenvalue weighted by atomic mass is 32.2. The van der Waals surface area contributed by atoms with Crippen LogP contribution in [-0.4, -0.2) is 35.5 Å². The van der Waals surface area contributed by atoms with Crippen LogP contribution >= 0.6 is 0 Å². The van der Waals surface area contributed by atoms with E-state index in [2.05, 4.69) is 9.82 Å². The van der Waals surface area contributed by atoms with Crippen molar-refractivity contribution in [1.29, 1.82) is 0 Å². The number of nitrogens with zero attached hydrogens (tertiary/aromatic N) is 2. The smallest absolute Gasteiger partial charge is 0.244 e. The van der Waals surface area contributed by atoms with Gasteiger partial charge in [-0.1, -0.05) is 0 Å². The molecule has 2 N–H and O–H groups in total. The fraction of sp³-hybridized carbons (Fsp3) is 0.700. The lowest BCUT2D eigenvalue weighted by Crippen LogP contribution is -2.46. The van der Waals surface area contributed by atoms with E-state index in [-0.39, 0.29) is 17.0 Å². The Morgan fingerprint density at radius 3 is 2.41 bits per heavy atom. The van der Waals surface area contributed by atoms with E-state index in [4.69, 9.17) is 5.11 Å². The van der Waals surface area contributed by atoms with Crippen LogP contribution in [0.25, 0.3) is 0 Å². The summed E-state index contributed by atoms with van der Waals surface area (Å²) in [6.07, 6.45) is 0.591. The molecule has 0 spiro atoms. The normalized spacial score (nSPS) is 24.7. The molecule has 1 aromatic heterocycles. The van der Waals surface area contributed by atoms with E-state index >= 15 is 0 Å². The van der Waals surface area contributed by atoms with E-state index in [1.54, 1.807) is 25.6 Å². The predicted molar refractivity (Wildman–Crippen MR) is 62.0 cm³/mol. The van der Waals surface area contributed by atoms with Crippen molar-refractivity contribution in [3.05, 3.63) is 11.4 Å². The molecule has 0 aromatic carbocycles. The van der Waals surface area contributed by atoms with Gasteiger partial charge in [-0.3, -0.25) is 4.68 Å². The number of aliphatic hydroxyl groups excluding tert-OH is 1. The van der Waals surface area contributed by atoms with Crippen molar-refractivity contribution in [2.45, 2.75) is 43.7 Å². The van der Waals surface area contributed by atoms with E-state index in [1.165, 1.54) is 0 Å². The number of hydrogen-bond acceptors (Lipinski definition) is 4. The topological polar surface area (TPSA) is 84.2 Å². The number of sulfonamides is 1. The third kappa shape index (κ3) is 2.22. The quantitative estimate of drug-likeness (QED) is 0.790. The molecule has 1 heterocycles. The largest absolute Gasteiger partial charge is 0.393 e. The molecule has 0 bridgehead atoms. The molecular weight excluding hydrogens is 242 g/mol. The van der Waals surface area contributed by atoms with Gasteiger partial charge in [-0.15, -0.1) is 0 Å². The van der Waals surface area contributed by atoms with Gasteiger partial charge >= 0.3 is 0 Å². The Bertz CT molecular complexity index is 529. The molecule has 0 radical (unpaired) electrons. The monoisotopic (exact) mass is 259 g/mol. The van der Waals surface area contributed by atoms with Gasteiger partial charge in [0.2, 0.25) is 10.0 Å². The first kappa shape index (κ1) is 12.5. The number of aliphatic hydroxyl groups is 1. The minimum absolute atomic E-state index is 0.158. The first-order valence-corrected chi connectivity index (χ1v) is 7.00. The first-order chi connectivity index (χ1) is 7.81. The predicted octanol–water partition coefficient (Wildman–Crippen LogP) is -0.161. The number of aromatic nitrogens is 2. The van der Waals surface area contributed by atoms with E-state index in [9.17, 15) is 8.42 Å². The van der Waals surface area contributed by atoms with Crippen molar-refractivity contribution in [1.82, 2.24) is 14.5 Å². The number of nitrogens with one attached hydrogen (secondary N) is 1. The Hall–Kier alpha value is -0.920. The van der Waals surface area contributed by atoms with Gasteiger partial charge in [0, 0.05) is 13.1 Å². The number of aryl methyl sites for hydroxylation is 2. The fourth-order valence-corrected chi connectivity index (χ4v) is 3.81. The SMILES string of the molecule is Cc1nn(C)c(C)c1S(=O)(=O)NC1CC(O)C1. The highest BCUT2D eigenvalue weighted by Crippen LogP contribution is 2.24. The minimum Gasteiger partial charge on any atom is -0.393 e. The van der Waals surface area contributed by atoms with Crippen molar-refractivity contribution >= 4 is 10.0 Å². The summed E-state index contributed by atoms with van der Waals surface area (Å²) in [5, 5.41) is 13.2. The van der Waals surface area contributed by atoms with E-state index < -0.39 is 10.0 Å². The minimum atomic E-state index is -3.53. The average molecular weight is 259 g/mol. The number of rotatable bonds is 3. The van der Waals surface area contributed by atoms with Gasteiger partial charge in [-0.25, -0.2) is 13.1 Å². The Kier molecular flexibility index (Phi) is 3.01. The van der Waals surface area contributed by atoms with Crippen LogP contribution in [0.1, 0.15) is 24.2 Å². The standard InChI is InChI=1S/C10H17N3O3S/c1-6-10(7(2)13(3)11-6)17(15,16)12-8-4-9(14)5-8/h8-9,12,14H,4-5H2,1-3H3. The molecular formula is C10H17N3O3S. The Labute approximate surface area is 101 Å². The van der Waals surface area contributed by atoms with Crippen molar-refractivity contribution < 1.29 is 13.5 Å². The lowest BCUT2D eigenvalue weighted by Gasteiger charge is -2.31. The summed E-state index contributed by atoms with van der Waals surface area (Å²) in [4.78, 5) is 0.251. The van der Waals surface area contributed by atoms with Crippen molar-refractivity contribution in [3.63, 3.8) is 0 Å². The van der Waals surface area contributed by atoms with Crippen molar-refractivity contribution in [2.75, 3.05) is 0 Å². The van der Waals surface area contributed by atoms with Gasteiger partial charge in [0.15, 0.2) is 0 Å². The Morgan fingerprint density at radius 2 is 2.00 bits per heavy atom. The molecule has 1 aliphatic rings. The second-order valence-corrected chi connectivity index (χ2v) is 6.22. The second kappa shape index (κ2) is 4.08. The van der Waals surface area contributed by atoms with Crippen LogP contribution < -0.4 is 4.72 Å². The van der Waals surface area contributed by atoms with Gasteiger partial charge in [-0.2, -0.15) is 5.10 Å². The summed E-state index contributed by atoms with van der Waals surface area (Å²) in [7, 11) is -1.81. The third-order valence-corrected chi connectivity index (χ3v) is 4.92. The zero-order valence-corrected chi connectivity index (χ0v) is 11.0. The van der Waals surface area contributed by atoms with Crippen LogP contribution in [-0.2, 0) is 17.1 Å². The highest BCUT2D eigenvalue weighted by molar-refractivity contribution is 7.89. The van der Waals surface area contributed by atoms with E-state index in [0.29, 0.717) is 24.2 Å². The summed E-state index contributed by atoms with van der Waals surface area (Å²) >= 11 is 0. The number of hydrogen-bond donors (Lipinski definition) is 2. The molecule has 7 heteroatoms. The van der Waals surface area contributed by atoms with Crippen LogP contribution in [0.2, 0.25) is 0 Å². The molecule has 0 atom stereocenters. The maximum absolute atomic E-state index is 12.2. The summed E-state index contributed by atoms with van der Waals surface area (Å²) in [6.45, 7) is 3.40. The summed E-state index contributed by atoms with van der Waals surface area (Å²) < 4.78 is 28.5. The lowest BCUT2D eigenvalue weighted by molar-refractivity contribution is 0.0712. The van der Waals surface area contributed by atoms with Crippen LogP contribution in [0, 0.1) is 13.8 Å². The summed E-state index contributed by atoms with van der Waals surface area (Å²) in [5.74, 6) is 0. The fourth-order valence-electron chi connectivity index (χ4n) is 2.11. The molecule has 96 valence electrons. The second-order valence-electron chi connectivity index (χ2n) is 4.57. The van der Waals surface area contributed by atoms with Crippen molar-refractivity contribution in [3.8, 4) is 0 Å². The van der Waals surface area contributed by atoms with E-state index in [1.807, 2.05) is 0 Å². The third-order valence-electron chi connectivity index (χ3n) is 3.15. The highest BCUT2D eigenvalue weighted by Gasteiger charge is 2.33. The first-order valence-electron chi connectivity index (χ1n) is 5.52. The molecule has 0 amide bonds. The van der Waals surface area contributed by atoms with Gasteiger partial charge in [0.25, 0.3) is 0 Å². The van der Waals surface area contributed by atoms with Gasteiger partial charge < -0.3 is 5.11 Å². The average Bonchev–Trinajstić information content (AvgIpc) is 2.38. The Morgan fingerprint density at radius 1 is 1.41 bits per heavy atom.